The van der Waals surface area contributed by atoms with Crippen LogP contribution < -0.4 is 4.90 Å². The van der Waals surface area contributed by atoms with Gasteiger partial charge in [0.25, 0.3) is 0 Å². The van der Waals surface area contributed by atoms with Gasteiger partial charge in [0.2, 0.25) is 11.8 Å². The first-order valence-electron chi connectivity index (χ1n) is 9.26. The van der Waals surface area contributed by atoms with Gasteiger partial charge >= 0.3 is 0 Å². The predicted molar refractivity (Wildman–Crippen MR) is 92.1 cm³/mol. The van der Waals surface area contributed by atoms with Crippen molar-refractivity contribution in [2.24, 2.45) is 35.5 Å². The van der Waals surface area contributed by atoms with E-state index in [1.54, 1.807) is 11.1 Å². The average molecular weight is 321 g/mol. The van der Waals surface area contributed by atoms with Crippen LogP contribution in [0.4, 0.5) is 5.69 Å². The molecule has 2 fully saturated rings. The molecule has 2 amide bonds. The molecule has 24 heavy (non-hydrogen) atoms. The first-order valence-corrected chi connectivity index (χ1v) is 9.26. The largest absolute Gasteiger partial charge is 0.274 e. The zero-order valence-corrected chi connectivity index (χ0v) is 14.2. The summed E-state index contributed by atoms with van der Waals surface area (Å²) in [6.07, 6.45) is 3.83. The third-order valence-corrected chi connectivity index (χ3v) is 7.12. The number of carbonyl (C=O) groups excluding carboxylic acids is 2. The lowest BCUT2D eigenvalue weighted by Crippen LogP contribution is -2.38. The van der Waals surface area contributed by atoms with E-state index >= 15 is 0 Å². The fraction of sp³-hybridized carbons (Fsp3) is 0.524. The Kier molecular flexibility index (Phi) is 2.89. The number of nitrogens with zero attached hydrogens (tertiary/aromatic N) is 1. The highest BCUT2D eigenvalue weighted by atomic mass is 16.2. The van der Waals surface area contributed by atoms with Gasteiger partial charge < -0.3 is 0 Å². The van der Waals surface area contributed by atoms with Crippen LogP contribution in [0.5, 0.6) is 0 Å². The van der Waals surface area contributed by atoms with Crippen LogP contribution in [0, 0.1) is 35.5 Å². The van der Waals surface area contributed by atoms with Gasteiger partial charge in [0.15, 0.2) is 0 Å². The summed E-state index contributed by atoms with van der Waals surface area (Å²) < 4.78 is 0. The minimum Gasteiger partial charge on any atom is -0.274 e. The number of hydrogen-bond donors (Lipinski definition) is 0. The van der Waals surface area contributed by atoms with Crippen LogP contribution in [-0.2, 0) is 9.59 Å². The first kappa shape index (κ1) is 14.4. The van der Waals surface area contributed by atoms with Gasteiger partial charge in [0.05, 0.1) is 17.5 Å². The second-order valence-corrected chi connectivity index (χ2v) is 8.09. The van der Waals surface area contributed by atoms with Gasteiger partial charge in [-0.1, -0.05) is 43.2 Å². The van der Waals surface area contributed by atoms with Gasteiger partial charge in [0, 0.05) is 0 Å². The standard InChI is InChI=1S/C21H23NO2/c1-11-16-13-8-9-14(10-13)17(16)12(2)19-18(11)20(23)22(21(19)24)15-6-4-3-5-7-15/h3-7,11-14,18-19H,8-10H2,1-2H3/t11-,12-,13-,14-,18-,19+/m1/s1. The molecule has 0 spiro atoms. The molecule has 1 heterocycles. The number of fused-ring (bicyclic) bond motifs is 5. The molecule has 1 saturated carbocycles. The highest BCUT2D eigenvalue weighted by Crippen LogP contribution is 2.61. The van der Waals surface area contributed by atoms with E-state index < -0.39 is 0 Å². The SMILES string of the molecule is C[C@@H]1C2=C([C@@H]3CC[C@@H]2C3)[C@@H](C)[C@H]2C(=O)N(c3ccccc3)C(=O)[C@H]21. The van der Waals surface area contributed by atoms with E-state index in [2.05, 4.69) is 13.8 Å². The Hall–Kier alpha value is -1.90. The molecule has 6 atom stereocenters. The van der Waals surface area contributed by atoms with Crippen molar-refractivity contribution in [3.8, 4) is 0 Å². The van der Waals surface area contributed by atoms with Gasteiger partial charge in [0.1, 0.15) is 0 Å². The lowest BCUT2D eigenvalue weighted by molar-refractivity contribution is -0.122. The van der Waals surface area contributed by atoms with E-state index in [1.807, 2.05) is 30.3 Å². The van der Waals surface area contributed by atoms with Crippen LogP contribution in [0.25, 0.3) is 0 Å². The average Bonchev–Trinajstić information content (AvgIpc) is 3.26. The minimum absolute atomic E-state index is 0.0184. The molecule has 0 radical (unpaired) electrons. The van der Waals surface area contributed by atoms with Crippen molar-refractivity contribution in [2.45, 2.75) is 33.1 Å². The predicted octanol–water partition coefficient (Wildman–Crippen LogP) is 3.80. The van der Waals surface area contributed by atoms with E-state index in [4.69, 9.17) is 0 Å². The Labute approximate surface area is 142 Å². The van der Waals surface area contributed by atoms with Crippen LogP contribution in [0.15, 0.2) is 41.5 Å². The zero-order chi connectivity index (χ0) is 16.6. The van der Waals surface area contributed by atoms with Gasteiger partial charge in [-0.15, -0.1) is 0 Å². The fourth-order valence-electron chi connectivity index (χ4n) is 6.27. The van der Waals surface area contributed by atoms with Crippen molar-refractivity contribution < 1.29 is 9.59 Å². The summed E-state index contributed by atoms with van der Waals surface area (Å²) in [5, 5.41) is 0. The van der Waals surface area contributed by atoms with E-state index in [1.165, 1.54) is 24.2 Å². The minimum atomic E-state index is -0.161. The Bertz CT molecular complexity index is 721. The van der Waals surface area contributed by atoms with Crippen LogP contribution in [-0.4, -0.2) is 11.8 Å². The summed E-state index contributed by atoms with van der Waals surface area (Å²) in [5.74, 6) is 1.52. The van der Waals surface area contributed by atoms with Gasteiger partial charge in [-0.25, -0.2) is 0 Å². The Morgan fingerprint density at radius 1 is 0.833 bits per heavy atom. The summed E-state index contributed by atoms with van der Waals surface area (Å²) in [4.78, 5) is 27.8. The number of amides is 2. The van der Waals surface area contributed by atoms with E-state index in [0.717, 1.165) is 5.69 Å². The van der Waals surface area contributed by atoms with Crippen LogP contribution in [0.2, 0.25) is 0 Å². The molecule has 0 N–H and O–H groups in total. The Morgan fingerprint density at radius 2 is 1.33 bits per heavy atom. The maximum atomic E-state index is 13.2. The molecule has 1 aliphatic heterocycles. The third-order valence-electron chi connectivity index (χ3n) is 7.12. The Balaban J connectivity index is 1.60. The smallest absolute Gasteiger partial charge is 0.238 e. The summed E-state index contributed by atoms with van der Waals surface area (Å²) in [5.41, 5.74) is 3.83. The molecular formula is C21H23NO2. The lowest BCUT2D eigenvalue weighted by atomic mass is 9.62. The summed E-state index contributed by atoms with van der Waals surface area (Å²) >= 11 is 0. The summed E-state index contributed by atoms with van der Waals surface area (Å²) in [7, 11) is 0. The third kappa shape index (κ3) is 1.63. The van der Waals surface area contributed by atoms with Crippen molar-refractivity contribution >= 4 is 17.5 Å². The van der Waals surface area contributed by atoms with Crippen molar-refractivity contribution in [3.05, 3.63) is 41.5 Å². The van der Waals surface area contributed by atoms with Gasteiger partial charge in [-0.2, -0.15) is 0 Å². The van der Waals surface area contributed by atoms with E-state index in [0.29, 0.717) is 11.8 Å². The van der Waals surface area contributed by atoms with Gasteiger partial charge in [-0.3, -0.25) is 14.5 Å². The van der Waals surface area contributed by atoms with Crippen LogP contribution >= 0.6 is 0 Å². The molecule has 1 aromatic rings. The molecule has 0 unspecified atom stereocenters. The van der Waals surface area contributed by atoms with E-state index in [9.17, 15) is 9.59 Å². The molecule has 0 aromatic heterocycles. The second-order valence-electron chi connectivity index (χ2n) is 8.09. The molecule has 124 valence electrons. The molecule has 3 aliphatic carbocycles. The number of imide groups is 1. The molecule has 2 bridgehead atoms. The monoisotopic (exact) mass is 321 g/mol. The van der Waals surface area contributed by atoms with Crippen LogP contribution in [0.3, 0.4) is 0 Å². The van der Waals surface area contributed by atoms with Crippen molar-refractivity contribution in [3.63, 3.8) is 0 Å². The molecule has 1 saturated heterocycles. The lowest BCUT2D eigenvalue weighted by Gasteiger charge is -2.39. The maximum absolute atomic E-state index is 13.2. The number of benzene rings is 1. The highest BCUT2D eigenvalue weighted by molar-refractivity contribution is 6.22. The molecule has 4 aliphatic rings. The van der Waals surface area contributed by atoms with Crippen LogP contribution in [0.1, 0.15) is 33.1 Å². The number of hydrogen-bond acceptors (Lipinski definition) is 2. The molecule has 3 nitrogen and oxygen atoms in total. The molecule has 3 heteroatoms. The molecule has 1 aromatic carbocycles. The van der Waals surface area contributed by atoms with Crippen molar-refractivity contribution in [2.75, 3.05) is 4.90 Å². The normalized spacial score (nSPS) is 40.3. The topological polar surface area (TPSA) is 37.4 Å². The molecule has 5 rings (SSSR count). The number of para-hydroxylation sites is 1. The Morgan fingerprint density at radius 3 is 1.83 bits per heavy atom. The number of anilines is 1. The number of carbonyl (C=O) groups is 2. The maximum Gasteiger partial charge on any atom is 0.238 e. The zero-order valence-electron chi connectivity index (χ0n) is 14.2. The summed E-state index contributed by atoms with van der Waals surface area (Å²) in [6.45, 7) is 4.39. The molecular weight excluding hydrogens is 298 g/mol. The quantitative estimate of drug-likeness (QED) is 0.583. The fourth-order valence-corrected chi connectivity index (χ4v) is 6.27. The van der Waals surface area contributed by atoms with Crippen molar-refractivity contribution in [1.82, 2.24) is 0 Å². The number of allylic oxidation sites excluding steroid dienone is 2. The first-order chi connectivity index (χ1) is 11.6. The van der Waals surface area contributed by atoms with E-state index in [-0.39, 0.29) is 35.5 Å². The van der Waals surface area contributed by atoms with Gasteiger partial charge in [-0.05, 0) is 55.1 Å². The second kappa shape index (κ2) is 4.81. The highest BCUT2D eigenvalue weighted by Gasteiger charge is 2.59. The number of rotatable bonds is 1. The summed E-state index contributed by atoms with van der Waals surface area (Å²) in [6, 6.07) is 9.44. The van der Waals surface area contributed by atoms with Crippen molar-refractivity contribution in [1.29, 1.82) is 0 Å².